The molecule has 3 aromatic rings. The van der Waals surface area contributed by atoms with E-state index in [1.165, 1.54) is 31.4 Å². The van der Waals surface area contributed by atoms with Gasteiger partial charge in [0.25, 0.3) is 0 Å². The average Bonchev–Trinajstić information content (AvgIpc) is 3.24. The number of hydrogen-bond acceptors (Lipinski definition) is 5. The fraction of sp³-hybridized carbons (Fsp3) is 0.400. The van der Waals surface area contributed by atoms with Gasteiger partial charge < -0.3 is 14.5 Å². The molecule has 0 unspecified atom stereocenters. The van der Waals surface area contributed by atoms with Crippen LogP contribution in [0.25, 0.3) is 0 Å². The summed E-state index contributed by atoms with van der Waals surface area (Å²) >= 11 is 0. The number of carbonyl (C=O) groups excluding carboxylic acids is 2. The summed E-state index contributed by atoms with van der Waals surface area (Å²) in [4.78, 5) is 31.2. The molecule has 0 amide bonds. The number of rotatable bonds is 11. The number of esters is 2. The molecule has 6 nitrogen and oxygen atoms in total. The maximum absolute atomic E-state index is 13.4. The van der Waals surface area contributed by atoms with Crippen molar-refractivity contribution in [3.8, 4) is 0 Å². The Morgan fingerprint density at radius 3 is 1.79 bits per heavy atom. The molecule has 204 valence electrons. The molecule has 8 heteroatoms. The van der Waals surface area contributed by atoms with Crippen LogP contribution in [-0.2, 0) is 35.3 Å². The minimum absolute atomic E-state index is 0.245. The molecular weight excluding hydrogens is 490 g/mol. The summed E-state index contributed by atoms with van der Waals surface area (Å²) in [5.41, 5.74) is 2.95. The molecule has 1 N–H and O–H groups in total. The number of hydrogen-bond donors (Lipinski definition) is 1. The zero-order chi connectivity index (χ0) is 27.9. The first-order valence-electron chi connectivity index (χ1n) is 12.8. The lowest BCUT2D eigenvalue weighted by Gasteiger charge is -2.23. The zero-order valence-electron chi connectivity index (χ0n) is 22.7. The van der Waals surface area contributed by atoms with E-state index in [-0.39, 0.29) is 17.3 Å². The number of benzene rings is 2. The summed E-state index contributed by atoms with van der Waals surface area (Å²) in [6, 6.07) is 12.7. The van der Waals surface area contributed by atoms with Gasteiger partial charge in [-0.3, -0.25) is 4.90 Å². The van der Waals surface area contributed by atoms with Crippen molar-refractivity contribution >= 4 is 11.9 Å². The van der Waals surface area contributed by atoms with Crippen molar-refractivity contribution < 1.29 is 27.8 Å². The summed E-state index contributed by atoms with van der Waals surface area (Å²) in [6.45, 7) is 8.78. The molecule has 0 saturated heterocycles. The van der Waals surface area contributed by atoms with E-state index in [9.17, 15) is 18.4 Å². The van der Waals surface area contributed by atoms with Gasteiger partial charge in [-0.25, -0.2) is 18.4 Å². The van der Waals surface area contributed by atoms with Crippen LogP contribution in [0.2, 0.25) is 0 Å². The molecule has 0 aliphatic heterocycles. The van der Waals surface area contributed by atoms with Crippen molar-refractivity contribution in [2.24, 2.45) is 0 Å². The van der Waals surface area contributed by atoms with Crippen LogP contribution in [0.1, 0.15) is 70.9 Å². The largest absolute Gasteiger partial charge is 0.465 e. The average molecular weight is 527 g/mol. The molecule has 1 heterocycles. The van der Waals surface area contributed by atoms with Crippen LogP contribution in [0, 0.1) is 11.6 Å². The smallest absolute Gasteiger partial charge is 0.355 e. The lowest BCUT2D eigenvalue weighted by atomic mass is 10.0. The van der Waals surface area contributed by atoms with Crippen molar-refractivity contribution in [3.63, 3.8) is 0 Å². The van der Waals surface area contributed by atoms with E-state index in [1.807, 2.05) is 6.92 Å². The number of nitrogens with zero attached hydrogens (tertiary/aromatic N) is 1. The van der Waals surface area contributed by atoms with E-state index in [0.717, 1.165) is 11.1 Å². The van der Waals surface area contributed by atoms with E-state index >= 15 is 0 Å². The van der Waals surface area contributed by atoms with E-state index in [0.29, 0.717) is 55.7 Å². The normalized spacial score (nSPS) is 11.6. The highest BCUT2D eigenvalue weighted by atomic mass is 19.1. The zero-order valence-corrected chi connectivity index (χ0v) is 22.7. The van der Waals surface area contributed by atoms with E-state index in [4.69, 9.17) is 9.47 Å². The maximum atomic E-state index is 13.4. The predicted octanol–water partition coefficient (Wildman–Crippen LogP) is 5.88. The van der Waals surface area contributed by atoms with E-state index < -0.39 is 17.5 Å². The lowest BCUT2D eigenvalue weighted by molar-refractivity contribution is 0.00620. The first-order valence-corrected chi connectivity index (χ1v) is 12.8. The van der Waals surface area contributed by atoms with Crippen LogP contribution in [0.15, 0.2) is 48.5 Å². The van der Waals surface area contributed by atoms with Gasteiger partial charge in [0.1, 0.15) is 22.9 Å². The fourth-order valence-corrected chi connectivity index (χ4v) is 4.29. The molecule has 0 fully saturated rings. The number of carbonyl (C=O) groups is 2. The van der Waals surface area contributed by atoms with Crippen LogP contribution in [0.3, 0.4) is 0 Å². The van der Waals surface area contributed by atoms with Gasteiger partial charge in [-0.1, -0.05) is 31.2 Å². The van der Waals surface area contributed by atoms with Gasteiger partial charge in [-0.2, -0.15) is 0 Å². The second-order valence-electron chi connectivity index (χ2n) is 10.2. The van der Waals surface area contributed by atoms with Gasteiger partial charge in [0.2, 0.25) is 0 Å². The maximum Gasteiger partial charge on any atom is 0.355 e. The second kappa shape index (κ2) is 12.8. The molecule has 38 heavy (non-hydrogen) atoms. The van der Waals surface area contributed by atoms with Crippen molar-refractivity contribution in [1.82, 2.24) is 9.88 Å². The van der Waals surface area contributed by atoms with Crippen LogP contribution in [0.5, 0.6) is 0 Å². The summed E-state index contributed by atoms with van der Waals surface area (Å²) in [7, 11) is 1.31. The Morgan fingerprint density at radius 2 is 1.37 bits per heavy atom. The molecule has 0 saturated carbocycles. The molecule has 0 atom stereocenters. The van der Waals surface area contributed by atoms with Gasteiger partial charge in [-0.15, -0.1) is 0 Å². The third-order valence-corrected chi connectivity index (χ3v) is 6.17. The van der Waals surface area contributed by atoms with Crippen LogP contribution >= 0.6 is 0 Å². The first kappa shape index (κ1) is 29.0. The Hall–Kier alpha value is -3.52. The summed E-state index contributed by atoms with van der Waals surface area (Å²) in [6.07, 6.45) is 1.73. The summed E-state index contributed by atoms with van der Waals surface area (Å²) in [5, 5.41) is 0. The monoisotopic (exact) mass is 526 g/mol. The SMILES string of the molecule is CCc1c(C(=O)OC(C)(C)C)[nH]c(CN(CCc2ccc(F)cc2)CCc2ccc(F)cc2)c1C(=O)OC. The van der Waals surface area contributed by atoms with Crippen LogP contribution in [-0.4, -0.2) is 47.6 Å². The Morgan fingerprint density at radius 1 is 0.868 bits per heavy atom. The van der Waals surface area contributed by atoms with Gasteiger partial charge >= 0.3 is 11.9 Å². The topological polar surface area (TPSA) is 71.6 Å². The highest BCUT2D eigenvalue weighted by molar-refractivity contribution is 5.98. The predicted molar refractivity (Wildman–Crippen MR) is 142 cm³/mol. The van der Waals surface area contributed by atoms with Crippen LogP contribution < -0.4 is 0 Å². The number of aromatic nitrogens is 1. The third-order valence-electron chi connectivity index (χ3n) is 6.17. The Labute approximate surface area is 223 Å². The molecule has 0 radical (unpaired) electrons. The first-order chi connectivity index (χ1) is 18.0. The summed E-state index contributed by atoms with van der Waals surface area (Å²) in [5.74, 6) is -1.65. The number of methoxy groups -OCH3 is 1. The Kier molecular flexibility index (Phi) is 9.80. The molecule has 0 spiro atoms. The van der Waals surface area contributed by atoms with Gasteiger partial charge in [0.05, 0.1) is 12.7 Å². The minimum atomic E-state index is -0.699. The van der Waals surface area contributed by atoms with Crippen molar-refractivity contribution in [1.29, 1.82) is 0 Å². The third kappa shape index (κ3) is 7.99. The molecule has 0 aliphatic carbocycles. The van der Waals surface area contributed by atoms with Crippen LogP contribution in [0.4, 0.5) is 8.78 Å². The quantitative estimate of drug-likeness (QED) is 0.316. The van der Waals surface area contributed by atoms with Gasteiger partial charge in [0.15, 0.2) is 0 Å². The number of aromatic amines is 1. The van der Waals surface area contributed by atoms with Gasteiger partial charge in [-0.05, 0) is 81.0 Å². The minimum Gasteiger partial charge on any atom is -0.465 e. The standard InChI is InChI=1S/C30H36F2N2O4/c1-6-24-26(28(35)37-5)25(33-27(24)29(36)38-30(2,3)4)19-34(17-15-20-7-11-22(31)12-8-20)18-16-21-9-13-23(32)14-10-21/h7-14,33H,6,15-19H2,1-5H3. The number of halogens is 2. The lowest BCUT2D eigenvalue weighted by Crippen LogP contribution is -2.29. The summed E-state index contributed by atoms with van der Waals surface area (Å²) < 4.78 is 37.4. The Bertz CT molecular complexity index is 1180. The fourth-order valence-electron chi connectivity index (χ4n) is 4.29. The molecule has 2 aromatic carbocycles. The number of nitrogens with one attached hydrogen (secondary N) is 1. The van der Waals surface area contributed by atoms with Crippen molar-refractivity contribution in [2.45, 2.75) is 59.1 Å². The number of ether oxygens (including phenoxy) is 2. The van der Waals surface area contributed by atoms with E-state index in [1.54, 1.807) is 45.0 Å². The van der Waals surface area contributed by atoms with Crippen molar-refractivity contribution in [2.75, 3.05) is 20.2 Å². The van der Waals surface area contributed by atoms with E-state index in [2.05, 4.69) is 9.88 Å². The highest BCUT2D eigenvalue weighted by Gasteiger charge is 2.29. The Balaban J connectivity index is 1.92. The molecule has 3 rings (SSSR count). The highest BCUT2D eigenvalue weighted by Crippen LogP contribution is 2.25. The van der Waals surface area contributed by atoms with Crippen molar-refractivity contribution in [3.05, 3.63) is 93.8 Å². The second-order valence-corrected chi connectivity index (χ2v) is 10.2. The molecule has 0 bridgehead atoms. The molecule has 1 aromatic heterocycles. The molecule has 0 aliphatic rings. The number of H-pyrrole nitrogens is 1. The molecular formula is C30H36F2N2O4. The van der Waals surface area contributed by atoms with Gasteiger partial charge in [0, 0.05) is 25.3 Å².